The van der Waals surface area contributed by atoms with Gasteiger partial charge < -0.3 is 9.84 Å². The van der Waals surface area contributed by atoms with Crippen LogP contribution in [0.5, 0.6) is 0 Å². The molecule has 0 saturated heterocycles. The Morgan fingerprint density at radius 2 is 1.42 bits per heavy atom. The number of hydrogen-bond donors (Lipinski definition) is 1. The van der Waals surface area contributed by atoms with E-state index < -0.39 is 5.97 Å². The van der Waals surface area contributed by atoms with E-state index in [4.69, 9.17) is 4.74 Å². The molecule has 0 amide bonds. The summed E-state index contributed by atoms with van der Waals surface area (Å²) in [6, 6.07) is 2.43. The zero-order chi connectivity index (χ0) is 22.5. The van der Waals surface area contributed by atoms with E-state index in [0.717, 1.165) is 77.0 Å². The number of aliphatic carboxylic acids is 1. The minimum atomic E-state index is -0.592. The fraction of sp³-hybridized carbons (Fsp3) is 0.704. The summed E-state index contributed by atoms with van der Waals surface area (Å²) in [6.07, 6.45) is 14.6. The number of rotatable bonds is 15. The van der Waals surface area contributed by atoms with E-state index >= 15 is 0 Å². The Hall–Kier alpha value is -1.84. The van der Waals surface area contributed by atoms with Gasteiger partial charge in [0.1, 0.15) is 5.60 Å². The van der Waals surface area contributed by atoms with Crippen molar-refractivity contribution in [2.24, 2.45) is 5.41 Å². The third-order valence-corrected chi connectivity index (χ3v) is 8.03. The monoisotopic (exact) mass is 428 g/mol. The number of carbonyl (C=O) groups excluding carboxylic acids is 1. The molecule has 0 spiro atoms. The zero-order valence-electron chi connectivity index (χ0n) is 19.7. The Balaban J connectivity index is 1.43. The van der Waals surface area contributed by atoms with Crippen LogP contribution < -0.4 is 0 Å². The van der Waals surface area contributed by atoms with Gasteiger partial charge in [0.15, 0.2) is 0 Å². The smallest absolute Gasteiger partial charge is 0.309 e. The van der Waals surface area contributed by atoms with Gasteiger partial charge in [-0.05, 0) is 119 Å². The summed E-state index contributed by atoms with van der Waals surface area (Å²) in [5.74, 6) is -0.592. The van der Waals surface area contributed by atoms with Crippen molar-refractivity contribution >= 4 is 12.4 Å². The summed E-state index contributed by atoms with van der Waals surface area (Å²) in [7, 11) is 0. The second-order valence-corrected chi connectivity index (χ2v) is 10.2. The molecular weight excluding hydrogens is 388 g/mol. The highest BCUT2D eigenvalue weighted by atomic mass is 16.5. The quantitative estimate of drug-likeness (QED) is 0.260. The van der Waals surface area contributed by atoms with E-state index in [2.05, 4.69) is 26.8 Å². The number of ether oxygens (including phenoxy) is 1. The van der Waals surface area contributed by atoms with E-state index in [9.17, 15) is 14.7 Å². The fourth-order valence-electron chi connectivity index (χ4n) is 4.99. The van der Waals surface area contributed by atoms with Gasteiger partial charge in [-0.25, -0.2) is 0 Å². The van der Waals surface area contributed by atoms with E-state index in [1.54, 1.807) is 0 Å². The maximum absolute atomic E-state index is 11.3. The summed E-state index contributed by atoms with van der Waals surface area (Å²) in [5.41, 5.74) is 6.73. The van der Waals surface area contributed by atoms with E-state index in [1.807, 2.05) is 0 Å². The molecule has 0 unspecified atom stereocenters. The first kappa shape index (κ1) is 23.8. The molecule has 2 aliphatic carbocycles. The summed E-state index contributed by atoms with van der Waals surface area (Å²) in [4.78, 5) is 21.9. The second-order valence-electron chi connectivity index (χ2n) is 10.2. The van der Waals surface area contributed by atoms with Crippen LogP contribution in [0.25, 0.3) is 0 Å². The van der Waals surface area contributed by atoms with Gasteiger partial charge >= 0.3 is 5.97 Å². The van der Waals surface area contributed by atoms with Gasteiger partial charge in [0, 0.05) is 0 Å². The molecule has 2 aliphatic rings. The lowest BCUT2D eigenvalue weighted by atomic mass is 9.89. The predicted molar refractivity (Wildman–Crippen MR) is 123 cm³/mol. The lowest BCUT2D eigenvalue weighted by molar-refractivity contribution is -0.143. The maximum atomic E-state index is 11.3. The molecule has 3 rings (SSSR count). The van der Waals surface area contributed by atoms with E-state index in [1.165, 1.54) is 40.7 Å². The van der Waals surface area contributed by atoms with E-state index in [0.29, 0.717) is 6.47 Å². The van der Waals surface area contributed by atoms with Crippen LogP contribution in [0.1, 0.15) is 105 Å². The molecule has 0 heterocycles. The molecule has 4 heteroatoms. The van der Waals surface area contributed by atoms with Gasteiger partial charge in [0.05, 0.1) is 5.41 Å². The van der Waals surface area contributed by atoms with Gasteiger partial charge in [-0.1, -0.05) is 25.3 Å². The first-order valence-corrected chi connectivity index (χ1v) is 12.3. The Labute approximate surface area is 187 Å². The van der Waals surface area contributed by atoms with Crippen molar-refractivity contribution in [1.29, 1.82) is 0 Å². The molecule has 172 valence electrons. The standard InChI is InChI=1S/C27H40O4/c1-20-21(2)23(10-6-4-8-12-26(14-15-26)25(29)30)18-24(22(20)3)11-7-5-9-13-27(16-17-27)31-19-28/h18-19H,4-17H2,1-3H3,(H,29,30). The molecule has 0 atom stereocenters. The average molecular weight is 429 g/mol. The molecule has 0 aromatic heterocycles. The number of carbonyl (C=O) groups is 2. The number of hydrogen-bond acceptors (Lipinski definition) is 3. The van der Waals surface area contributed by atoms with Crippen LogP contribution in [0.15, 0.2) is 6.07 Å². The normalized spacial score (nSPS) is 17.9. The number of benzene rings is 1. The number of aryl methyl sites for hydroxylation is 2. The highest BCUT2D eigenvalue weighted by Crippen LogP contribution is 2.50. The summed E-state index contributed by atoms with van der Waals surface area (Å²) in [6.45, 7) is 7.35. The minimum absolute atomic E-state index is 0.116. The average Bonchev–Trinajstić information content (AvgIpc) is 3.66. The minimum Gasteiger partial charge on any atom is -0.481 e. The number of unbranched alkanes of at least 4 members (excludes halogenated alkanes) is 4. The zero-order valence-corrected chi connectivity index (χ0v) is 19.7. The van der Waals surface area contributed by atoms with Crippen molar-refractivity contribution in [3.05, 3.63) is 33.9 Å². The number of carboxylic acid groups (broad SMARTS) is 1. The third-order valence-electron chi connectivity index (χ3n) is 8.03. The molecule has 0 bridgehead atoms. The topological polar surface area (TPSA) is 63.6 Å². The van der Waals surface area contributed by atoms with Gasteiger partial charge in [0.25, 0.3) is 6.47 Å². The highest BCUT2D eigenvalue weighted by Gasteiger charge is 2.49. The first-order valence-electron chi connectivity index (χ1n) is 12.3. The van der Waals surface area contributed by atoms with Gasteiger partial charge in [-0.15, -0.1) is 0 Å². The van der Waals surface area contributed by atoms with Crippen molar-refractivity contribution in [1.82, 2.24) is 0 Å². The number of carboxylic acids is 1. The van der Waals surface area contributed by atoms with Crippen molar-refractivity contribution in [3.8, 4) is 0 Å². The van der Waals surface area contributed by atoms with E-state index in [-0.39, 0.29) is 11.0 Å². The van der Waals surface area contributed by atoms with Gasteiger partial charge in [-0.2, -0.15) is 0 Å². The molecule has 1 aromatic rings. The molecule has 2 fully saturated rings. The third kappa shape index (κ3) is 6.11. The van der Waals surface area contributed by atoms with Crippen LogP contribution in [0, 0.1) is 26.2 Å². The van der Waals surface area contributed by atoms with Crippen LogP contribution in [-0.4, -0.2) is 23.1 Å². The Bertz CT molecular complexity index is 787. The van der Waals surface area contributed by atoms with Crippen LogP contribution in [-0.2, 0) is 27.2 Å². The molecule has 31 heavy (non-hydrogen) atoms. The summed E-state index contributed by atoms with van der Waals surface area (Å²) < 4.78 is 5.25. The highest BCUT2D eigenvalue weighted by molar-refractivity contribution is 5.77. The fourth-order valence-corrected chi connectivity index (χ4v) is 4.99. The van der Waals surface area contributed by atoms with Gasteiger partial charge in [-0.3, -0.25) is 9.59 Å². The molecule has 1 aromatic carbocycles. The summed E-state index contributed by atoms with van der Waals surface area (Å²) in [5, 5.41) is 9.31. The maximum Gasteiger partial charge on any atom is 0.309 e. The van der Waals surface area contributed by atoms with Crippen LogP contribution in [0.2, 0.25) is 0 Å². The van der Waals surface area contributed by atoms with Crippen molar-refractivity contribution in [2.45, 2.75) is 116 Å². The predicted octanol–water partition coefficient (Wildman–Crippen LogP) is 6.39. The first-order chi connectivity index (χ1) is 14.8. The Morgan fingerprint density at radius 1 is 0.871 bits per heavy atom. The summed E-state index contributed by atoms with van der Waals surface area (Å²) >= 11 is 0. The molecule has 0 radical (unpaired) electrons. The Kier molecular flexibility index (Phi) is 7.82. The van der Waals surface area contributed by atoms with Crippen molar-refractivity contribution in [2.75, 3.05) is 0 Å². The van der Waals surface area contributed by atoms with Crippen LogP contribution in [0.3, 0.4) is 0 Å². The molecule has 0 aliphatic heterocycles. The van der Waals surface area contributed by atoms with Crippen molar-refractivity contribution < 1.29 is 19.4 Å². The largest absolute Gasteiger partial charge is 0.481 e. The SMILES string of the molecule is Cc1c(CCCCCC2(OC=O)CC2)cc(CCCCCC2(C(=O)O)CC2)c(C)c1C. The molecule has 4 nitrogen and oxygen atoms in total. The molecular formula is C27H40O4. The molecule has 2 saturated carbocycles. The van der Waals surface area contributed by atoms with Gasteiger partial charge in [0.2, 0.25) is 0 Å². The lowest BCUT2D eigenvalue weighted by Gasteiger charge is -2.17. The molecule has 1 N–H and O–H groups in total. The lowest BCUT2D eigenvalue weighted by Crippen LogP contribution is -2.14. The Morgan fingerprint density at radius 3 is 1.87 bits per heavy atom. The van der Waals surface area contributed by atoms with Crippen LogP contribution in [0.4, 0.5) is 0 Å². The second kappa shape index (κ2) is 10.2. The van der Waals surface area contributed by atoms with Crippen LogP contribution >= 0.6 is 0 Å². The van der Waals surface area contributed by atoms with Crippen molar-refractivity contribution in [3.63, 3.8) is 0 Å².